The predicted octanol–water partition coefficient (Wildman–Crippen LogP) is 13.2. The van der Waals surface area contributed by atoms with Gasteiger partial charge in [0, 0.05) is 16.7 Å². The van der Waals surface area contributed by atoms with Crippen molar-refractivity contribution in [3.63, 3.8) is 0 Å². The second kappa shape index (κ2) is 12.7. The summed E-state index contributed by atoms with van der Waals surface area (Å²) in [5, 5.41) is 16.4. The van der Waals surface area contributed by atoms with Crippen LogP contribution in [0.25, 0.3) is 111 Å². The molecule has 56 heavy (non-hydrogen) atoms. The van der Waals surface area contributed by atoms with Crippen molar-refractivity contribution in [2.45, 2.75) is 0 Å². The zero-order valence-corrected chi connectivity index (χ0v) is 30.1. The van der Waals surface area contributed by atoms with Crippen molar-refractivity contribution in [1.29, 1.82) is 5.26 Å². The molecule has 0 N–H and O–H groups in total. The molecule has 0 amide bonds. The van der Waals surface area contributed by atoms with Crippen molar-refractivity contribution in [1.82, 2.24) is 15.0 Å². The predicted molar refractivity (Wildman–Crippen MR) is 229 cm³/mol. The van der Waals surface area contributed by atoms with Crippen LogP contribution in [0.3, 0.4) is 0 Å². The molecule has 4 heteroatoms. The molecular formula is C52H30N4. The molecule has 1 aromatic heterocycles. The van der Waals surface area contributed by atoms with Crippen molar-refractivity contribution >= 4 is 32.3 Å². The normalized spacial score (nSPS) is 11.6. The van der Waals surface area contributed by atoms with E-state index in [0.717, 1.165) is 49.4 Å². The Labute approximate surface area is 323 Å². The Kier molecular flexibility index (Phi) is 7.20. The van der Waals surface area contributed by atoms with Crippen LogP contribution in [0.1, 0.15) is 5.56 Å². The molecule has 0 radical (unpaired) electrons. The number of nitriles is 1. The van der Waals surface area contributed by atoms with Crippen LogP contribution in [-0.4, -0.2) is 15.0 Å². The van der Waals surface area contributed by atoms with Crippen LogP contribution < -0.4 is 0 Å². The van der Waals surface area contributed by atoms with E-state index in [1.807, 2.05) is 78.9 Å². The van der Waals surface area contributed by atoms with Gasteiger partial charge in [-0.05, 0) is 107 Å². The summed E-state index contributed by atoms with van der Waals surface area (Å²) < 4.78 is 0. The van der Waals surface area contributed by atoms with E-state index in [4.69, 9.17) is 15.0 Å². The van der Waals surface area contributed by atoms with Crippen LogP contribution >= 0.6 is 0 Å². The molecule has 0 saturated heterocycles. The fourth-order valence-electron chi connectivity index (χ4n) is 8.35. The van der Waals surface area contributed by atoms with Crippen LogP contribution in [0.2, 0.25) is 0 Å². The minimum atomic E-state index is 0.639. The molecule has 258 valence electrons. The van der Waals surface area contributed by atoms with Gasteiger partial charge >= 0.3 is 0 Å². The average Bonchev–Trinajstić information content (AvgIpc) is 3.60. The Balaban J connectivity index is 1.06. The number of fused-ring (bicyclic) bond motifs is 5. The molecule has 0 bridgehead atoms. The first-order valence-corrected chi connectivity index (χ1v) is 18.7. The molecule has 0 spiro atoms. The second-order valence-corrected chi connectivity index (χ2v) is 14.3. The van der Waals surface area contributed by atoms with Gasteiger partial charge in [0.2, 0.25) is 0 Å². The Morgan fingerprint density at radius 2 is 0.696 bits per heavy atom. The maximum absolute atomic E-state index is 9.49. The molecule has 10 aromatic rings. The lowest BCUT2D eigenvalue weighted by Crippen LogP contribution is -2.00. The first-order chi connectivity index (χ1) is 27.7. The van der Waals surface area contributed by atoms with Crippen LogP contribution in [-0.2, 0) is 0 Å². The lowest BCUT2D eigenvalue weighted by molar-refractivity contribution is 1.07. The third kappa shape index (κ3) is 5.18. The number of benzene rings is 9. The molecule has 11 rings (SSSR count). The van der Waals surface area contributed by atoms with Gasteiger partial charge in [-0.3, -0.25) is 0 Å². The minimum Gasteiger partial charge on any atom is -0.208 e. The van der Waals surface area contributed by atoms with Crippen molar-refractivity contribution in [3.05, 3.63) is 188 Å². The van der Waals surface area contributed by atoms with Gasteiger partial charge in [0.05, 0.1) is 11.6 Å². The molecule has 1 aliphatic carbocycles. The van der Waals surface area contributed by atoms with E-state index < -0.39 is 0 Å². The highest BCUT2D eigenvalue weighted by Crippen LogP contribution is 2.52. The van der Waals surface area contributed by atoms with Crippen LogP contribution in [0.5, 0.6) is 0 Å². The Bertz CT molecular complexity index is 3170. The number of hydrogen-bond donors (Lipinski definition) is 0. The third-order valence-electron chi connectivity index (χ3n) is 11.1. The zero-order valence-electron chi connectivity index (χ0n) is 30.1. The molecular weight excluding hydrogens is 681 g/mol. The standard InChI is InChI=1S/C52H30N4/c53-31-32-15-16-36-28-39(20-17-35(36)27-32)42-23-25-46-44-13-7-8-14-45(44)47-26-24-43(48(42)49(46)47)40-21-18-38-30-41(22-19-37(38)29-40)52-55-50(33-9-3-1-4-10-33)54-51(56-52)34-11-5-2-6-12-34/h1-30H. The second-order valence-electron chi connectivity index (χ2n) is 14.3. The molecule has 0 saturated carbocycles. The summed E-state index contributed by atoms with van der Waals surface area (Å²) in [6.07, 6.45) is 0. The summed E-state index contributed by atoms with van der Waals surface area (Å²) in [5.74, 6) is 1.93. The van der Waals surface area contributed by atoms with E-state index in [9.17, 15) is 5.26 Å². The summed E-state index contributed by atoms with van der Waals surface area (Å²) in [6, 6.07) is 66.0. The zero-order chi connectivity index (χ0) is 37.2. The van der Waals surface area contributed by atoms with E-state index in [-0.39, 0.29) is 0 Å². The van der Waals surface area contributed by atoms with Gasteiger partial charge in [-0.2, -0.15) is 5.26 Å². The average molecular weight is 711 g/mol. The number of aromatic nitrogens is 3. The molecule has 0 unspecified atom stereocenters. The first-order valence-electron chi connectivity index (χ1n) is 18.7. The maximum Gasteiger partial charge on any atom is 0.164 e. The molecule has 4 nitrogen and oxygen atoms in total. The van der Waals surface area contributed by atoms with Crippen molar-refractivity contribution < 1.29 is 0 Å². The topological polar surface area (TPSA) is 62.5 Å². The largest absolute Gasteiger partial charge is 0.208 e. The van der Waals surface area contributed by atoms with E-state index in [1.165, 1.54) is 44.2 Å². The fourth-order valence-corrected chi connectivity index (χ4v) is 8.35. The summed E-state index contributed by atoms with van der Waals surface area (Å²) in [6.45, 7) is 0. The van der Waals surface area contributed by atoms with Gasteiger partial charge in [0.25, 0.3) is 0 Å². The van der Waals surface area contributed by atoms with Crippen molar-refractivity contribution in [3.8, 4) is 84.7 Å². The van der Waals surface area contributed by atoms with Gasteiger partial charge < -0.3 is 0 Å². The third-order valence-corrected chi connectivity index (χ3v) is 11.1. The monoisotopic (exact) mass is 710 g/mol. The van der Waals surface area contributed by atoms with E-state index in [0.29, 0.717) is 23.0 Å². The molecule has 1 heterocycles. The Morgan fingerprint density at radius 3 is 1.21 bits per heavy atom. The Hall–Kier alpha value is -7.74. The summed E-state index contributed by atoms with van der Waals surface area (Å²) in [5.41, 5.74) is 13.3. The maximum atomic E-state index is 9.49. The number of hydrogen-bond acceptors (Lipinski definition) is 4. The fraction of sp³-hybridized carbons (Fsp3) is 0. The molecule has 0 fully saturated rings. The van der Waals surface area contributed by atoms with Gasteiger partial charge in [-0.25, -0.2) is 15.0 Å². The van der Waals surface area contributed by atoms with Crippen LogP contribution in [0, 0.1) is 11.3 Å². The molecule has 9 aromatic carbocycles. The first kappa shape index (κ1) is 31.8. The van der Waals surface area contributed by atoms with Gasteiger partial charge in [0.1, 0.15) is 0 Å². The van der Waals surface area contributed by atoms with Gasteiger partial charge in [0.15, 0.2) is 17.5 Å². The molecule has 1 aliphatic rings. The lowest BCUT2D eigenvalue weighted by atomic mass is 9.87. The highest BCUT2D eigenvalue weighted by Gasteiger charge is 2.25. The quantitative estimate of drug-likeness (QED) is 0.178. The van der Waals surface area contributed by atoms with Crippen LogP contribution in [0.4, 0.5) is 0 Å². The smallest absolute Gasteiger partial charge is 0.164 e. The molecule has 0 atom stereocenters. The van der Waals surface area contributed by atoms with Crippen LogP contribution in [0.15, 0.2) is 182 Å². The number of rotatable bonds is 5. The molecule has 0 aliphatic heterocycles. The summed E-state index contributed by atoms with van der Waals surface area (Å²) in [7, 11) is 0. The summed E-state index contributed by atoms with van der Waals surface area (Å²) >= 11 is 0. The SMILES string of the molecule is N#Cc1ccc2cc(-c3ccc4c5c(ccc(-c6ccc7cc(-c8nc(-c9ccccc9)nc(-c9ccccc9)n8)ccc7c6)c35)-c3ccccc3-4)ccc2c1. The van der Waals surface area contributed by atoms with Crippen molar-refractivity contribution in [2.75, 3.05) is 0 Å². The van der Waals surface area contributed by atoms with Gasteiger partial charge in [-0.15, -0.1) is 0 Å². The van der Waals surface area contributed by atoms with E-state index >= 15 is 0 Å². The minimum absolute atomic E-state index is 0.639. The highest BCUT2D eigenvalue weighted by molar-refractivity contribution is 6.23. The van der Waals surface area contributed by atoms with E-state index in [1.54, 1.807) is 0 Å². The van der Waals surface area contributed by atoms with Crippen molar-refractivity contribution in [2.24, 2.45) is 0 Å². The van der Waals surface area contributed by atoms with E-state index in [2.05, 4.69) is 109 Å². The number of nitrogens with zero attached hydrogens (tertiary/aromatic N) is 4. The highest BCUT2D eigenvalue weighted by atomic mass is 15.0. The Morgan fingerprint density at radius 1 is 0.304 bits per heavy atom. The van der Waals surface area contributed by atoms with Gasteiger partial charge in [-0.1, -0.05) is 152 Å². The lowest BCUT2D eigenvalue weighted by Gasteiger charge is -2.16. The summed E-state index contributed by atoms with van der Waals surface area (Å²) in [4.78, 5) is 14.8.